The molecule has 0 aliphatic heterocycles. The van der Waals surface area contributed by atoms with Gasteiger partial charge in [0.15, 0.2) is 0 Å². The molecule has 0 radical (unpaired) electrons. The lowest BCUT2D eigenvalue weighted by Crippen LogP contribution is -2.23. The van der Waals surface area contributed by atoms with Gasteiger partial charge in [0.1, 0.15) is 0 Å². The molecule has 1 atom stereocenters. The molecular formula is C25H37N. The first-order valence-electron chi connectivity index (χ1n) is 10.6. The van der Waals surface area contributed by atoms with Crippen molar-refractivity contribution in [1.82, 2.24) is 0 Å². The molecule has 0 saturated heterocycles. The van der Waals surface area contributed by atoms with Gasteiger partial charge in [-0.1, -0.05) is 88.6 Å². The van der Waals surface area contributed by atoms with Crippen molar-refractivity contribution in [2.45, 2.75) is 77.6 Å². The van der Waals surface area contributed by atoms with E-state index in [0.29, 0.717) is 0 Å². The minimum Gasteiger partial charge on any atom is -0.385 e. The highest BCUT2D eigenvalue weighted by Crippen LogP contribution is 2.37. The average molecular weight is 352 g/mol. The van der Waals surface area contributed by atoms with Crippen LogP contribution in [0.15, 0.2) is 54.6 Å². The third-order valence-electron chi connectivity index (χ3n) is 5.74. The van der Waals surface area contributed by atoms with E-state index in [1.165, 1.54) is 68.2 Å². The number of para-hydroxylation sites is 1. The number of hydrogen-bond donors (Lipinski definition) is 1. The normalized spacial score (nSPS) is 13.3. The molecule has 1 nitrogen and oxygen atoms in total. The Morgan fingerprint density at radius 1 is 0.808 bits per heavy atom. The fourth-order valence-corrected chi connectivity index (χ4v) is 3.77. The van der Waals surface area contributed by atoms with Gasteiger partial charge in [-0.05, 0) is 54.7 Å². The van der Waals surface area contributed by atoms with Gasteiger partial charge in [-0.2, -0.15) is 0 Å². The van der Waals surface area contributed by atoms with Crippen molar-refractivity contribution in [3.05, 3.63) is 65.7 Å². The molecule has 0 fully saturated rings. The van der Waals surface area contributed by atoms with E-state index < -0.39 is 0 Å². The molecule has 1 unspecified atom stereocenters. The summed E-state index contributed by atoms with van der Waals surface area (Å²) in [7, 11) is 0. The SMILES string of the molecule is CCCCCCNc1ccccc1C(C)(CC)CCCc1ccccc1. The van der Waals surface area contributed by atoms with Gasteiger partial charge in [0, 0.05) is 12.2 Å². The summed E-state index contributed by atoms with van der Waals surface area (Å²) in [6.45, 7) is 8.13. The number of unbranched alkanes of at least 4 members (excludes halogenated alkanes) is 3. The van der Waals surface area contributed by atoms with E-state index in [0.717, 1.165) is 6.54 Å². The molecule has 0 amide bonds. The Balaban J connectivity index is 1.98. The highest BCUT2D eigenvalue weighted by molar-refractivity contribution is 5.54. The van der Waals surface area contributed by atoms with Crippen LogP contribution >= 0.6 is 0 Å². The number of anilines is 1. The Kier molecular flexibility index (Phi) is 8.74. The van der Waals surface area contributed by atoms with Crippen LogP contribution in [0.25, 0.3) is 0 Å². The molecule has 1 N–H and O–H groups in total. The Morgan fingerprint density at radius 2 is 1.54 bits per heavy atom. The van der Waals surface area contributed by atoms with Crippen molar-refractivity contribution in [3.8, 4) is 0 Å². The number of rotatable bonds is 12. The fourth-order valence-electron chi connectivity index (χ4n) is 3.77. The maximum absolute atomic E-state index is 3.72. The van der Waals surface area contributed by atoms with E-state index in [4.69, 9.17) is 0 Å². The van der Waals surface area contributed by atoms with Gasteiger partial charge in [-0.15, -0.1) is 0 Å². The van der Waals surface area contributed by atoms with Gasteiger partial charge >= 0.3 is 0 Å². The first kappa shape index (κ1) is 20.6. The minimum atomic E-state index is 0.238. The van der Waals surface area contributed by atoms with Crippen molar-refractivity contribution < 1.29 is 0 Å². The fraction of sp³-hybridized carbons (Fsp3) is 0.520. The van der Waals surface area contributed by atoms with Crippen molar-refractivity contribution in [1.29, 1.82) is 0 Å². The van der Waals surface area contributed by atoms with Crippen molar-refractivity contribution in [2.24, 2.45) is 0 Å². The molecule has 0 bridgehead atoms. The summed E-state index contributed by atoms with van der Waals surface area (Å²) in [5.74, 6) is 0. The molecule has 0 aliphatic rings. The Labute approximate surface area is 161 Å². The second-order valence-electron chi connectivity index (χ2n) is 7.79. The lowest BCUT2D eigenvalue weighted by Gasteiger charge is -2.31. The summed E-state index contributed by atoms with van der Waals surface area (Å²) in [6.07, 6.45) is 10.0. The van der Waals surface area contributed by atoms with E-state index in [9.17, 15) is 0 Å². The van der Waals surface area contributed by atoms with Gasteiger partial charge in [0.05, 0.1) is 0 Å². The van der Waals surface area contributed by atoms with Crippen LogP contribution in [0.1, 0.15) is 76.8 Å². The molecule has 142 valence electrons. The Morgan fingerprint density at radius 3 is 2.27 bits per heavy atom. The van der Waals surface area contributed by atoms with Crippen molar-refractivity contribution in [2.75, 3.05) is 11.9 Å². The average Bonchev–Trinajstić information content (AvgIpc) is 2.69. The highest BCUT2D eigenvalue weighted by Gasteiger charge is 2.26. The highest BCUT2D eigenvalue weighted by atomic mass is 14.9. The summed E-state index contributed by atoms with van der Waals surface area (Å²) in [5, 5.41) is 3.72. The molecule has 0 aliphatic carbocycles. The zero-order valence-electron chi connectivity index (χ0n) is 17.1. The smallest absolute Gasteiger partial charge is 0.0378 e. The number of nitrogens with one attached hydrogen (secondary N) is 1. The molecule has 2 aromatic rings. The summed E-state index contributed by atoms with van der Waals surface area (Å²) in [5.41, 5.74) is 4.52. The van der Waals surface area contributed by atoms with Crippen molar-refractivity contribution in [3.63, 3.8) is 0 Å². The molecule has 2 rings (SSSR count). The maximum atomic E-state index is 3.72. The van der Waals surface area contributed by atoms with Crippen molar-refractivity contribution >= 4 is 5.69 Å². The van der Waals surface area contributed by atoms with Crippen LogP contribution in [-0.4, -0.2) is 6.54 Å². The lowest BCUT2D eigenvalue weighted by atomic mass is 9.75. The molecule has 0 heterocycles. The molecule has 26 heavy (non-hydrogen) atoms. The minimum absolute atomic E-state index is 0.238. The quantitative estimate of drug-likeness (QED) is 0.394. The number of aryl methyl sites for hydroxylation is 1. The second-order valence-corrected chi connectivity index (χ2v) is 7.79. The van der Waals surface area contributed by atoms with Gasteiger partial charge in [0.2, 0.25) is 0 Å². The standard InChI is InChI=1S/C25H37N/c1-4-6-7-13-21-26-24-19-12-11-18-23(24)25(3,5-2)20-14-17-22-15-9-8-10-16-22/h8-12,15-16,18-19,26H,4-7,13-14,17,20-21H2,1-3H3. The van der Waals surface area contributed by atoms with E-state index in [-0.39, 0.29) is 5.41 Å². The van der Waals surface area contributed by atoms with Gasteiger partial charge in [-0.3, -0.25) is 0 Å². The summed E-state index contributed by atoms with van der Waals surface area (Å²) >= 11 is 0. The molecule has 1 heteroatoms. The van der Waals surface area contributed by atoms with E-state index in [1.54, 1.807) is 0 Å². The van der Waals surface area contributed by atoms with Crippen LogP contribution in [0.3, 0.4) is 0 Å². The number of benzene rings is 2. The predicted octanol–water partition coefficient (Wildman–Crippen LogP) is 7.37. The summed E-state index contributed by atoms with van der Waals surface area (Å²) in [4.78, 5) is 0. The predicted molar refractivity (Wildman–Crippen MR) is 116 cm³/mol. The molecule has 2 aromatic carbocycles. The Hall–Kier alpha value is -1.76. The van der Waals surface area contributed by atoms with Crippen LogP contribution in [0.4, 0.5) is 5.69 Å². The van der Waals surface area contributed by atoms with Crippen LogP contribution < -0.4 is 5.32 Å². The third-order valence-corrected chi connectivity index (χ3v) is 5.74. The van der Waals surface area contributed by atoms with Crippen LogP contribution in [0, 0.1) is 0 Å². The molecule has 0 aromatic heterocycles. The maximum Gasteiger partial charge on any atom is 0.0378 e. The second kappa shape index (κ2) is 11.1. The van der Waals surface area contributed by atoms with Gasteiger partial charge in [0.25, 0.3) is 0 Å². The molecule has 0 spiro atoms. The topological polar surface area (TPSA) is 12.0 Å². The monoisotopic (exact) mass is 351 g/mol. The third kappa shape index (κ3) is 6.20. The van der Waals surface area contributed by atoms with Crippen LogP contribution in [0.5, 0.6) is 0 Å². The van der Waals surface area contributed by atoms with Crippen LogP contribution in [-0.2, 0) is 11.8 Å². The van der Waals surface area contributed by atoms with E-state index in [2.05, 4.69) is 80.7 Å². The molecule has 0 saturated carbocycles. The van der Waals surface area contributed by atoms with Gasteiger partial charge < -0.3 is 5.32 Å². The van der Waals surface area contributed by atoms with E-state index in [1.807, 2.05) is 0 Å². The first-order chi connectivity index (χ1) is 12.7. The first-order valence-corrected chi connectivity index (χ1v) is 10.6. The Bertz CT molecular complexity index is 619. The number of hydrogen-bond acceptors (Lipinski definition) is 1. The zero-order valence-corrected chi connectivity index (χ0v) is 17.1. The van der Waals surface area contributed by atoms with Gasteiger partial charge in [-0.25, -0.2) is 0 Å². The van der Waals surface area contributed by atoms with E-state index >= 15 is 0 Å². The summed E-state index contributed by atoms with van der Waals surface area (Å²) < 4.78 is 0. The lowest BCUT2D eigenvalue weighted by molar-refractivity contribution is 0.406. The zero-order chi connectivity index (χ0) is 18.7. The molecular weight excluding hydrogens is 314 g/mol. The summed E-state index contributed by atoms with van der Waals surface area (Å²) in [6, 6.07) is 19.8. The van der Waals surface area contributed by atoms with Crippen LogP contribution in [0.2, 0.25) is 0 Å². The largest absolute Gasteiger partial charge is 0.385 e.